The zero-order valence-electron chi connectivity index (χ0n) is 16.6. The summed E-state index contributed by atoms with van der Waals surface area (Å²) in [5, 5.41) is 2.86. The fourth-order valence-electron chi connectivity index (χ4n) is 3.27. The highest BCUT2D eigenvalue weighted by Gasteiger charge is 2.19. The summed E-state index contributed by atoms with van der Waals surface area (Å²) in [7, 11) is 0. The predicted octanol–water partition coefficient (Wildman–Crippen LogP) is 3.66. The zero-order valence-corrected chi connectivity index (χ0v) is 16.6. The van der Waals surface area contributed by atoms with E-state index in [0.717, 1.165) is 36.5 Å². The van der Waals surface area contributed by atoms with Crippen molar-refractivity contribution in [2.75, 3.05) is 29.9 Å². The molecule has 2 aromatic rings. The summed E-state index contributed by atoms with van der Waals surface area (Å²) >= 11 is 0. The molecule has 144 valence electrons. The molecule has 1 N–H and O–H groups in total. The van der Waals surface area contributed by atoms with E-state index in [9.17, 15) is 4.79 Å². The Morgan fingerprint density at radius 2 is 2.04 bits per heavy atom. The normalized spacial score (nSPS) is 16.9. The molecule has 1 aromatic carbocycles. The van der Waals surface area contributed by atoms with Gasteiger partial charge < -0.3 is 15.0 Å². The maximum Gasteiger partial charge on any atom is 0.262 e. The third kappa shape index (κ3) is 5.18. The molecule has 1 aliphatic heterocycles. The summed E-state index contributed by atoms with van der Waals surface area (Å²) in [6.45, 7) is 10.1. The lowest BCUT2D eigenvalue weighted by Gasteiger charge is -2.31. The van der Waals surface area contributed by atoms with Crippen LogP contribution < -0.4 is 15.0 Å². The summed E-state index contributed by atoms with van der Waals surface area (Å²) in [5.74, 6) is 1.55. The summed E-state index contributed by atoms with van der Waals surface area (Å²) < 4.78 is 5.64. The van der Waals surface area contributed by atoms with Crippen LogP contribution in [-0.4, -0.2) is 35.6 Å². The second kappa shape index (κ2) is 8.37. The Labute approximate surface area is 161 Å². The number of nitrogens with zero attached hydrogens (tertiary/aromatic N) is 3. The van der Waals surface area contributed by atoms with E-state index in [0.29, 0.717) is 17.7 Å². The van der Waals surface area contributed by atoms with Crippen LogP contribution in [-0.2, 0) is 4.79 Å². The molecule has 6 heteroatoms. The number of piperidine rings is 1. The van der Waals surface area contributed by atoms with E-state index < -0.39 is 0 Å². The Hall–Kier alpha value is -2.63. The SMILES string of the molecule is Cc1cc(OCC(=O)Nc2ccc(C)c(C)c2)nc(N2CCCC(C)C2)n1. The Balaban J connectivity index is 1.61. The van der Waals surface area contributed by atoms with Gasteiger partial charge in [-0.1, -0.05) is 13.0 Å². The summed E-state index contributed by atoms with van der Waals surface area (Å²) in [6, 6.07) is 7.61. The van der Waals surface area contributed by atoms with Gasteiger partial charge in [-0.3, -0.25) is 4.79 Å². The first-order chi connectivity index (χ1) is 12.9. The minimum atomic E-state index is -0.206. The van der Waals surface area contributed by atoms with Gasteiger partial charge >= 0.3 is 0 Å². The van der Waals surface area contributed by atoms with Gasteiger partial charge in [-0.2, -0.15) is 4.98 Å². The highest BCUT2D eigenvalue weighted by atomic mass is 16.5. The average molecular weight is 368 g/mol. The fraction of sp³-hybridized carbons (Fsp3) is 0.476. The molecule has 1 fully saturated rings. The van der Waals surface area contributed by atoms with E-state index in [1.165, 1.54) is 12.0 Å². The van der Waals surface area contributed by atoms with E-state index in [2.05, 4.69) is 27.1 Å². The van der Waals surface area contributed by atoms with E-state index in [1.54, 1.807) is 6.07 Å². The number of rotatable bonds is 5. The molecule has 0 spiro atoms. The largest absolute Gasteiger partial charge is 0.467 e. The number of hydrogen-bond acceptors (Lipinski definition) is 5. The van der Waals surface area contributed by atoms with Gasteiger partial charge in [-0.15, -0.1) is 0 Å². The second-order valence-electron chi connectivity index (χ2n) is 7.48. The summed E-state index contributed by atoms with van der Waals surface area (Å²) in [6.07, 6.45) is 2.39. The van der Waals surface area contributed by atoms with Gasteiger partial charge in [-0.25, -0.2) is 4.98 Å². The first-order valence-corrected chi connectivity index (χ1v) is 9.51. The topological polar surface area (TPSA) is 67.3 Å². The van der Waals surface area contributed by atoms with Gasteiger partial charge in [0.15, 0.2) is 6.61 Å². The summed E-state index contributed by atoms with van der Waals surface area (Å²) in [5.41, 5.74) is 3.94. The number of aryl methyl sites for hydroxylation is 3. The standard InChI is InChI=1S/C21H28N4O2/c1-14-6-5-9-25(12-14)21-22-17(4)11-20(24-21)27-13-19(26)23-18-8-7-15(2)16(3)10-18/h7-8,10-11,14H,5-6,9,12-13H2,1-4H3,(H,23,26). The van der Waals surface area contributed by atoms with Crippen molar-refractivity contribution in [3.63, 3.8) is 0 Å². The van der Waals surface area contributed by atoms with E-state index in [4.69, 9.17) is 4.74 Å². The molecule has 0 saturated carbocycles. The molecule has 0 radical (unpaired) electrons. The zero-order chi connectivity index (χ0) is 19.4. The number of hydrogen-bond donors (Lipinski definition) is 1. The van der Waals surface area contributed by atoms with Crippen LogP contribution in [0, 0.1) is 26.7 Å². The first kappa shape index (κ1) is 19.1. The summed E-state index contributed by atoms with van der Waals surface area (Å²) in [4.78, 5) is 23.5. The van der Waals surface area contributed by atoms with E-state index in [1.807, 2.05) is 39.0 Å². The van der Waals surface area contributed by atoms with Crippen LogP contribution in [0.5, 0.6) is 5.88 Å². The number of amides is 1. The molecule has 2 heterocycles. The number of carbonyl (C=O) groups excluding carboxylic acids is 1. The lowest BCUT2D eigenvalue weighted by molar-refractivity contribution is -0.118. The third-order valence-corrected chi connectivity index (χ3v) is 4.90. The third-order valence-electron chi connectivity index (χ3n) is 4.90. The number of benzene rings is 1. The van der Waals surface area contributed by atoms with Crippen molar-refractivity contribution in [1.29, 1.82) is 0 Å². The minimum Gasteiger partial charge on any atom is -0.467 e. The van der Waals surface area contributed by atoms with Gasteiger partial charge in [0.25, 0.3) is 5.91 Å². The maximum atomic E-state index is 12.2. The Bertz CT molecular complexity index is 822. The molecule has 1 saturated heterocycles. The highest BCUT2D eigenvalue weighted by molar-refractivity contribution is 5.92. The number of ether oxygens (including phenoxy) is 1. The number of nitrogens with one attached hydrogen (secondary N) is 1. The van der Waals surface area contributed by atoms with Crippen molar-refractivity contribution in [1.82, 2.24) is 9.97 Å². The quantitative estimate of drug-likeness (QED) is 0.872. The molecule has 3 rings (SSSR count). The molecule has 27 heavy (non-hydrogen) atoms. The van der Waals surface area contributed by atoms with Crippen LogP contribution in [0.25, 0.3) is 0 Å². The monoisotopic (exact) mass is 368 g/mol. The fourth-order valence-corrected chi connectivity index (χ4v) is 3.27. The molecule has 1 unspecified atom stereocenters. The lowest BCUT2D eigenvalue weighted by Crippen LogP contribution is -2.35. The average Bonchev–Trinajstić information content (AvgIpc) is 2.63. The van der Waals surface area contributed by atoms with Crippen LogP contribution in [0.1, 0.15) is 36.6 Å². The number of carbonyl (C=O) groups is 1. The molecule has 1 aromatic heterocycles. The molecule has 0 aliphatic carbocycles. The van der Waals surface area contributed by atoms with Crippen LogP contribution in [0.2, 0.25) is 0 Å². The Morgan fingerprint density at radius 3 is 2.78 bits per heavy atom. The second-order valence-corrected chi connectivity index (χ2v) is 7.48. The first-order valence-electron chi connectivity index (χ1n) is 9.51. The van der Waals surface area contributed by atoms with Crippen molar-refractivity contribution in [2.45, 2.75) is 40.5 Å². The van der Waals surface area contributed by atoms with E-state index in [-0.39, 0.29) is 12.5 Å². The van der Waals surface area contributed by atoms with Crippen molar-refractivity contribution >= 4 is 17.5 Å². The Morgan fingerprint density at radius 1 is 1.22 bits per heavy atom. The smallest absolute Gasteiger partial charge is 0.262 e. The number of anilines is 2. The maximum absolute atomic E-state index is 12.2. The van der Waals surface area contributed by atoms with Gasteiger partial charge in [0.1, 0.15) is 0 Å². The van der Waals surface area contributed by atoms with Crippen LogP contribution in [0.4, 0.5) is 11.6 Å². The highest BCUT2D eigenvalue weighted by Crippen LogP contribution is 2.22. The van der Waals surface area contributed by atoms with Crippen LogP contribution in [0.15, 0.2) is 24.3 Å². The van der Waals surface area contributed by atoms with Crippen molar-refractivity contribution in [3.8, 4) is 5.88 Å². The van der Waals surface area contributed by atoms with Gasteiger partial charge in [-0.05, 0) is 62.8 Å². The molecule has 6 nitrogen and oxygen atoms in total. The molecule has 1 atom stereocenters. The molecular weight excluding hydrogens is 340 g/mol. The minimum absolute atomic E-state index is 0.0841. The van der Waals surface area contributed by atoms with Crippen molar-refractivity contribution < 1.29 is 9.53 Å². The molecule has 1 aliphatic rings. The van der Waals surface area contributed by atoms with E-state index >= 15 is 0 Å². The molecular formula is C21H28N4O2. The van der Waals surface area contributed by atoms with Gasteiger partial charge in [0, 0.05) is 30.5 Å². The van der Waals surface area contributed by atoms with Crippen LogP contribution in [0.3, 0.4) is 0 Å². The van der Waals surface area contributed by atoms with Gasteiger partial charge in [0.05, 0.1) is 0 Å². The molecule has 1 amide bonds. The predicted molar refractivity (Wildman–Crippen MR) is 107 cm³/mol. The molecule has 0 bridgehead atoms. The Kier molecular flexibility index (Phi) is 5.94. The lowest BCUT2D eigenvalue weighted by atomic mass is 10.0. The van der Waals surface area contributed by atoms with Crippen LogP contribution >= 0.6 is 0 Å². The van der Waals surface area contributed by atoms with Gasteiger partial charge in [0.2, 0.25) is 11.8 Å². The number of aromatic nitrogens is 2. The van der Waals surface area contributed by atoms with Crippen molar-refractivity contribution in [2.24, 2.45) is 5.92 Å². The van der Waals surface area contributed by atoms with Crippen molar-refractivity contribution in [3.05, 3.63) is 41.1 Å².